The Hall–Kier alpha value is -1.22. The summed E-state index contributed by atoms with van der Waals surface area (Å²) in [7, 11) is 0. The summed E-state index contributed by atoms with van der Waals surface area (Å²) in [5.41, 5.74) is 0. The SMILES string of the molecule is N#C[S-].N#C[S-].N#C[S-].N#C[S-].N#C[S-].N#C[S-].[Fe+3]. The number of hydrogen-bond acceptors (Lipinski definition) is 12. The van der Waals surface area contributed by atoms with Crippen molar-refractivity contribution in [3.63, 3.8) is 0 Å². The molecule has 0 aliphatic carbocycles. The molecule has 0 unspecified atom stereocenters. The third-order valence-corrected chi connectivity index (χ3v) is 0. The van der Waals surface area contributed by atoms with Crippen LogP contribution in [0.3, 0.4) is 0 Å². The molecule has 0 aliphatic heterocycles. The molecular formula is C6FeN6S6-3. The number of thiocyanates is 6. The Morgan fingerprint density at radius 2 is 0.368 bits per heavy atom. The summed E-state index contributed by atoms with van der Waals surface area (Å²) in [4.78, 5) is 0. The first-order valence-corrected chi connectivity index (χ1v) is 5.02. The Kier molecular flexibility index (Phi) is 415. The molecule has 0 heterocycles. The van der Waals surface area contributed by atoms with Crippen LogP contribution in [0.25, 0.3) is 0 Å². The van der Waals surface area contributed by atoms with E-state index in [1.165, 1.54) is 32.4 Å². The zero-order valence-electron chi connectivity index (χ0n) is 8.49. The second kappa shape index (κ2) is 183. The smallest absolute Gasteiger partial charge is 0.696 e. The number of rotatable bonds is 0. The molecule has 0 bridgehead atoms. The third kappa shape index (κ3) is 2460. The van der Waals surface area contributed by atoms with Gasteiger partial charge in [0.25, 0.3) is 0 Å². The molecule has 0 saturated carbocycles. The second-order valence-electron chi connectivity index (χ2n) is 0.548. The van der Waals surface area contributed by atoms with Gasteiger partial charge in [0, 0.05) is 0 Å². The summed E-state index contributed by atoms with van der Waals surface area (Å²) >= 11 is 22.2. The van der Waals surface area contributed by atoms with Gasteiger partial charge >= 0.3 is 17.1 Å². The molecule has 101 valence electrons. The molecule has 0 N–H and O–H groups in total. The first-order valence-electron chi connectivity index (χ1n) is 2.57. The van der Waals surface area contributed by atoms with Crippen molar-refractivity contribution in [3.8, 4) is 32.4 Å². The fourth-order valence-electron chi connectivity index (χ4n) is 0. The zero-order chi connectivity index (χ0) is 16.2. The van der Waals surface area contributed by atoms with Crippen LogP contribution >= 0.6 is 0 Å². The molecular weight excluding hydrogens is 404 g/mol. The maximum absolute atomic E-state index is 7.13. The summed E-state index contributed by atoms with van der Waals surface area (Å²) in [6.07, 6.45) is 0. The molecule has 0 spiro atoms. The molecule has 0 aromatic carbocycles. The molecule has 0 rings (SSSR count). The van der Waals surface area contributed by atoms with Gasteiger partial charge < -0.3 is 75.8 Å². The molecule has 0 aliphatic rings. The van der Waals surface area contributed by atoms with E-state index in [1.54, 1.807) is 0 Å². The quantitative estimate of drug-likeness (QED) is 0.306. The number of hydrogen-bond donors (Lipinski definition) is 0. The number of nitrogens with zero attached hydrogens (tertiary/aromatic N) is 6. The largest absolute Gasteiger partial charge is 3.00 e. The van der Waals surface area contributed by atoms with Crippen LogP contribution in [-0.4, -0.2) is 0 Å². The van der Waals surface area contributed by atoms with Crippen LogP contribution in [0.5, 0.6) is 0 Å². The van der Waals surface area contributed by atoms with Crippen LogP contribution < -0.4 is 0 Å². The van der Waals surface area contributed by atoms with Crippen molar-refractivity contribution in [2.24, 2.45) is 0 Å². The van der Waals surface area contributed by atoms with Crippen molar-refractivity contribution < 1.29 is 17.1 Å². The summed E-state index contributed by atoms with van der Waals surface area (Å²) in [6, 6.07) is 0. The third-order valence-electron chi connectivity index (χ3n) is 0. The molecule has 0 amide bonds. The van der Waals surface area contributed by atoms with E-state index in [4.69, 9.17) is 31.6 Å². The van der Waals surface area contributed by atoms with Crippen LogP contribution in [-0.2, 0) is 92.8 Å². The average Bonchev–Trinajstić information content (AvgIpc) is 2.23. The molecule has 0 aromatic heterocycles. The second-order valence-corrected chi connectivity index (χ2v) is 1.64. The Bertz CT molecular complexity index is 256. The normalized spacial score (nSPS) is 2.21. The minimum absolute atomic E-state index is 0. The fraction of sp³-hybridized carbons (Fsp3) is 0. The first kappa shape index (κ1) is 43.1. The fourth-order valence-corrected chi connectivity index (χ4v) is 0. The standard InChI is InChI=1S/6CHNS.Fe/c6*2-1-3;/h6*3H;/q;;;;;;+3/p-6. The molecule has 19 heavy (non-hydrogen) atoms. The van der Waals surface area contributed by atoms with E-state index >= 15 is 0 Å². The summed E-state index contributed by atoms with van der Waals surface area (Å²) in [5, 5.41) is 50.8. The topological polar surface area (TPSA) is 143 Å². The van der Waals surface area contributed by atoms with Gasteiger partial charge in [0.2, 0.25) is 0 Å². The van der Waals surface area contributed by atoms with Gasteiger partial charge in [0.15, 0.2) is 0 Å². The van der Waals surface area contributed by atoms with Crippen LogP contribution in [0.4, 0.5) is 0 Å². The van der Waals surface area contributed by atoms with Crippen molar-refractivity contribution in [3.05, 3.63) is 0 Å². The first-order chi connectivity index (χ1) is 8.49. The van der Waals surface area contributed by atoms with Crippen molar-refractivity contribution in [1.29, 1.82) is 31.6 Å². The van der Waals surface area contributed by atoms with Crippen LogP contribution in [0, 0.1) is 64.0 Å². The predicted molar refractivity (Wildman–Crippen MR) is 77.9 cm³/mol. The minimum atomic E-state index is 0. The van der Waals surface area contributed by atoms with Gasteiger partial charge in [0.1, 0.15) is 0 Å². The maximum atomic E-state index is 7.13. The van der Waals surface area contributed by atoms with Crippen LogP contribution in [0.2, 0.25) is 0 Å². The zero-order valence-corrected chi connectivity index (χ0v) is 14.5. The molecule has 0 aromatic rings. The Morgan fingerprint density at radius 1 is 0.368 bits per heavy atom. The molecule has 13 heteroatoms. The van der Waals surface area contributed by atoms with Crippen LogP contribution in [0.15, 0.2) is 0 Å². The molecule has 6 nitrogen and oxygen atoms in total. The van der Waals surface area contributed by atoms with Gasteiger partial charge in [0.05, 0.1) is 0 Å². The van der Waals surface area contributed by atoms with E-state index in [2.05, 4.69) is 75.8 Å². The van der Waals surface area contributed by atoms with Gasteiger partial charge in [-0.1, -0.05) is 32.4 Å². The summed E-state index contributed by atoms with van der Waals surface area (Å²) < 4.78 is 0. The minimum Gasteiger partial charge on any atom is -0.696 e. The molecule has 0 fully saturated rings. The van der Waals surface area contributed by atoms with Gasteiger partial charge in [-0.2, -0.15) is 0 Å². The van der Waals surface area contributed by atoms with Crippen molar-refractivity contribution >= 4 is 75.8 Å². The Morgan fingerprint density at radius 3 is 0.368 bits per heavy atom. The van der Waals surface area contributed by atoms with Crippen molar-refractivity contribution in [2.45, 2.75) is 0 Å². The van der Waals surface area contributed by atoms with Crippen LogP contribution in [0.1, 0.15) is 0 Å². The molecule has 0 saturated heterocycles. The van der Waals surface area contributed by atoms with E-state index in [-0.39, 0.29) is 17.1 Å². The van der Waals surface area contributed by atoms with Crippen molar-refractivity contribution in [2.75, 3.05) is 0 Å². The monoisotopic (exact) mass is 404 g/mol. The molecule has 0 atom stereocenters. The molecule has 1 radical (unpaired) electrons. The van der Waals surface area contributed by atoms with Gasteiger partial charge in [-0.3, -0.25) is 0 Å². The van der Waals surface area contributed by atoms with Gasteiger partial charge in [-0.15, -0.1) is 0 Å². The summed E-state index contributed by atoms with van der Waals surface area (Å²) in [6.45, 7) is 0. The van der Waals surface area contributed by atoms with E-state index in [0.29, 0.717) is 0 Å². The average molecular weight is 404 g/mol. The number of nitriles is 6. The van der Waals surface area contributed by atoms with Crippen molar-refractivity contribution in [1.82, 2.24) is 0 Å². The van der Waals surface area contributed by atoms with Gasteiger partial charge in [-0.25, -0.2) is 31.6 Å². The van der Waals surface area contributed by atoms with E-state index in [0.717, 1.165) is 0 Å². The van der Waals surface area contributed by atoms with E-state index in [1.807, 2.05) is 0 Å². The van der Waals surface area contributed by atoms with E-state index in [9.17, 15) is 0 Å². The van der Waals surface area contributed by atoms with E-state index < -0.39 is 0 Å². The summed E-state index contributed by atoms with van der Waals surface area (Å²) in [5.74, 6) is 0. The Labute approximate surface area is 155 Å². The predicted octanol–water partition coefficient (Wildman–Crippen LogP) is 0.0838. The Balaban J connectivity index is -0.0000000180. The maximum Gasteiger partial charge on any atom is 3.00 e. The van der Waals surface area contributed by atoms with Gasteiger partial charge in [-0.05, 0) is 0 Å².